The van der Waals surface area contributed by atoms with Crippen LogP contribution in [-0.4, -0.2) is 11.7 Å². The Morgan fingerprint density at radius 1 is 1.11 bits per heavy atom. The van der Waals surface area contributed by atoms with E-state index in [9.17, 15) is 9.59 Å². The first-order chi connectivity index (χ1) is 8.61. The van der Waals surface area contributed by atoms with Crippen molar-refractivity contribution < 1.29 is 9.59 Å². The number of carbonyl (C=O) groups is 2. The summed E-state index contributed by atoms with van der Waals surface area (Å²) in [5, 5.41) is 0. The van der Waals surface area contributed by atoms with Crippen LogP contribution in [0.2, 0.25) is 0 Å². The van der Waals surface area contributed by atoms with Gasteiger partial charge in [0.15, 0.2) is 0 Å². The Balaban J connectivity index is 5.17. The molecule has 0 rings (SSSR count). The van der Waals surface area contributed by atoms with Gasteiger partial charge in [-0.3, -0.25) is 9.59 Å². The van der Waals surface area contributed by atoms with Crippen molar-refractivity contribution >= 4 is 11.7 Å². The largest absolute Gasteiger partial charge is 0.369 e. The number of unbranched alkanes of at least 4 members (excludes halogenated alkanes) is 1. The number of hydrogen-bond acceptors (Lipinski definition) is 2. The standard InChI is InChI=1S/C16H31NO2/c1-7-8-9-12(15(17)19)13(10-11(2)3)14(18)16(4,5)6/h11-13H,7-10H2,1-6H3,(H2,17,19)/t12-,13+/m0/s1. The first-order valence-electron chi connectivity index (χ1n) is 7.44. The highest BCUT2D eigenvalue weighted by Gasteiger charge is 2.37. The number of amides is 1. The second kappa shape index (κ2) is 7.66. The van der Waals surface area contributed by atoms with E-state index in [1.807, 2.05) is 20.8 Å². The van der Waals surface area contributed by atoms with Gasteiger partial charge in [0, 0.05) is 17.3 Å². The number of primary amides is 1. The monoisotopic (exact) mass is 269 g/mol. The molecule has 0 unspecified atom stereocenters. The highest BCUT2D eigenvalue weighted by molar-refractivity contribution is 5.91. The topological polar surface area (TPSA) is 60.2 Å². The van der Waals surface area contributed by atoms with Crippen molar-refractivity contribution in [1.29, 1.82) is 0 Å². The molecule has 0 aliphatic rings. The van der Waals surface area contributed by atoms with E-state index in [0.717, 1.165) is 25.7 Å². The summed E-state index contributed by atoms with van der Waals surface area (Å²) in [6, 6.07) is 0. The fourth-order valence-corrected chi connectivity index (χ4v) is 2.48. The molecule has 0 aliphatic carbocycles. The van der Waals surface area contributed by atoms with Crippen LogP contribution >= 0.6 is 0 Å². The van der Waals surface area contributed by atoms with Gasteiger partial charge in [-0.25, -0.2) is 0 Å². The Kier molecular flexibility index (Phi) is 7.32. The zero-order chi connectivity index (χ0) is 15.2. The molecule has 0 spiro atoms. The maximum Gasteiger partial charge on any atom is 0.221 e. The van der Waals surface area contributed by atoms with E-state index in [1.54, 1.807) is 0 Å². The zero-order valence-electron chi connectivity index (χ0n) is 13.5. The number of hydrogen-bond donors (Lipinski definition) is 1. The van der Waals surface area contributed by atoms with Crippen LogP contribution in [-0.2, 0) is 9.59 Å². The zero-order valence-corrected chi connectivity index (χ0v) is 13.5. The molecule has 3 nitrogen and oxygen atoms in total. The summed E-state index contributed by atoms with van der Waals surface area (Å²) < 4.78 is 0. The van der Waals surface area contributed by atoms with Gasteiger partial charge in [-0.1, -0.05) is 54.4 Å². The maximum atomic E-state index is 12.6. The average Bonchev–Trinajstić information content (AvgIpc) is 2.24. The average molecular weight is 269 g/mol. The van der Waals surface area contributed by atoms with Crippen LogP contribution in [0.5, 0.6) is 0 Å². The Hall–Kier alpha value is -0.860. The van der Waals surface area contributed by atoms with Gasteiger partial charge < -0.3 is 5.73 Å². The quantitative estimate of drug-likeness (QED) is 0.732. The van der Waals surface area contributed by atoms with Crippen LogP contribution in [0.15, 0.2) is 0 Å². The van der Waals surface area contributed by atoms with Crippen LogP contribution in [0.3, 0.4) is 0 Å². The van der Waals surface area contributed by atoms with Crippen LogP contribution in [0.1, 0.15) is 67.2 Å². The molecular weight excluding hydrogens is 238 g/mol. The Bertz CT molecular complexity index is 302. The van der Waals surface area contributed by atoms with Gasteiger partial charge >= 0.3 is 0 Å². The van der Waals surface area contributed by atoms with Gasteiger partial charge in [-0.15, -0.1) is 0 Å². The van der Waals surface area contributed by atoms with Crippen molar-refractivity contribution in [2.45, 2.75) is 67.2 Å². The van der Waals surface area contributed by atoms with Crippen molar-refractivity contribution in [2.24, 2.45) is 28.9 Å². The number of rotatable bonds is 8. The van der Waals surface area contributed by atoms with E-state index < -0.39 is 5.41 Å². The molecule has 0 aromatic carbocycles. The molecular formula is C16H31NO2. The fourth-order valence-electron chi connectivity index (χ4n) is 2.48. The lowest BCUT2D eigenvalue weighted by Crippen LogP contribution is -2.40. The molecule has 0 bridgehead atoms. The lowest BCUT2D eigenvalue weighted by molar-refractivity contribution is -0.138. The summed E-state index contributed by atoms with van der Waals surface area (Å²) in [5.41, 5.74) is 5.13. The van der Waals surface area contributed by atoms with Crippen LogP contribution in [0, 0.1) is 23.2 Å². The summed E-state index contributed by atoms with van der Waals surface area (Å²) in [6.07, 6.45) is 3.43. The van der Waals surface area contributed by atoms with E-state index >= 15 is 0 Å². The first-order valence-corrected chi connectivity index (χ1v) is 7.44. The smallest absolute Gasteiger partial charge is 0.221 e. The summed E-state index contributed by atoms with van der Waals surface area (Å²) in [4.78, 5) is 24.3. The van der Waals surface area contributed by atoms with Crippen LogP contribution in [0.4, 0.5) is 0 Å². The van der Waals surface area contributed by atoms with Crippen LogP contribution in [0.25, 0.3) is 0 Å². The summed E-state index contributed by atoms with van der Waals surface area (Å²) in [6.45, 7) is 12.0. The molecule has 0 aliphatic heterocycles. The minimum absolute atomic E-state index is 0.168. The van der Waals surface area contributed by atoms with Crippen molar-refractivity contribution in [1.82, 2.24) is 0 Å². The molecule has 0 aromatic rings. The first kappa shape index (κ1) is 18.1. The molecule has 2 N–H and O–H groups in total. The van der Waals surface area contributed by atoms with Crippen LogP contribution < -0.4 is 5.73 Å². The van der Waals surface area contributed by atoms with E-state index in [2.05, 4.69) is 20.8 Å². The molecule has 19 heavy (non-hydrogen) atoms. The lowest BCUT2D eigenvalue weighted by Gasteiger charge is -2.30. The van der Waals surface area contributed by atoms with Gasteiger partial charge in [0.05, 0.1) is 0 Å². The molecule has 0 heterocycles. The van der Waals surface area contributed by atoms with E-state index in [4.69, 9.17) is 5.73 Å². The highest BCUT2D eigenvalue weighted by Crippen LogP contribution is 2.32. The maximum absolute atomic E-state index is 12.6. The molecule has 3 heteroatoms. The van der Waals surface area contributed by atoms with Gasteiger partial charge in [0.1, 0.15) is 5.78 Å². The predicted octanol–water partition coefficient (Wildman–Crippen LogP) is 3.56. The van der Waals surface area contributed by atoms with E-state index in [1.165, 1.54) is 0 Å². The molecule has 2 atom stereocenters. The van der Waals surface area contributed by atoms with E-state index in [0.29, 0.717) is 5.92 Å². The summed E-state index contributed by atoms with van der Waals surface area (Å²) in [7, 11) is 0. The Morgan fingerprint density at radius 2 is 1.63 bits per heavy atom. The van der Waals surface area contributed by atoms with Gasteiger partial charge in [-0.05, 0) is 18.8 Å². The predicted molar refractivity (Wildman–Crippen MR) is 79.6 cm³/mol. The third-order valence-electron chi connectivity index (χ3n) is 3.52. The second-order valence-corrected chi connectivity index (χ2v) is 7.00. The van der Waals surface area contributed by atoms with Crippen molar-refractivity contribution in [2.75, 3.05) is 0 Å². The minimum atomic E-state index is -0.417. The SMILES string of the molecule is CCCC[C@H](C(N)=O)[C@@H](CC(C)C)C(=O)C(C)(C)C. The Labute approximate surface area is 118 Å². The van der Waals surface area contributed by atoms with Gasteiger partial charge in [0.25, 0.3) is 0 Å². The molecule has 0 fully saturated rings. The van der Waals surface area contributed by atoms with Gasteiger partial charge in [-0.2, -0.15) is 0 Å². The Morgan fingerprint density at radius 3 is 1.95 bits per heavy atom. The molecule has 0 aromatic heterocycles. The van der Waals surface area contributed by atoms with E-state index in [-0.39, 0.29) is 23.5 Å². The third kappa shape index (κ3) is 6.22. The fraction of sp³-hybridized carbons (Fsp3) is 0.875. The van der Waals surface area contributed by atoms with Crippen molar-refractivity contribution in [3.05, 3.63) is 0 Å². The molecule has 0 saturated heterocycles. The summed E-state index contributed by atoms with van der Waals surface area (Å²) >= 11 is 0. The number of Topliss-reactive ketones (excluding diaryl/α,β-unsaturated/α-hetero) is 1. The third-order valence-corrected chi connectivity index (χ3v) is 3.52. The molecule has 1 amide bonds. The number of carbonyl (C=O) groups excluding carboxylic acids is 2. The second-order valence-electron chi connectivity index (χ2n) is 7.00. The minimum Gasteiger partial charge on any atom is -0.369 e. The molecule has 0 saturated carbocycles. The number of ketones is 1. The summed E-state index contributed by atoms with van der Waals surface area (Å²) in [5.74, 6) is -0.310. The van der Waals surface area contributed by atoms with Gasteiger partial charge in [0.2, 0.25) is 5.91 Å². The number of nitrogens with two attached hydrogens (primary N) is 1. The molecule has 112 valence electrons. The lowest BCUT2D eigenvalue weighted by atomic mass is 9.72. The van der Waals surface area contributed by atoms with Crippen molar-refractivity contribution in [3.63, 3.8) is 0 Å². The normalized spacial score (nSPS) is 15.3. The van der Waals surface area contributed by atoms with Crippen molar-refractivity contribution in [3.8, 4) is 0 Å². The molecule has 0 radical (unpaired) electrons. The highest BCUT2D eigenvalue weighted by atomic mass is 16.1.